The van der Waals surface area contributed by atoms with E-state index >= 15 is 0 Å². The Hall–Kier alpha value is -3.82. The van der Waals surface area contributed by atoms with Crippen molar-refractivity contribution in [3.8, 4) is 28.4 Å². The lowest BCUT2D eigenvalue weighted by molar-refractivity contribution is 0.102. The summed E-state index contributed by atoms with van der Waals surface area (Å²) in [5, 5.41) is 6.89. The number of ether oxygens (including phenoxy) is 1. The van der Waals surface area contributed by atoms with E-state index in [1.807, 2.05) is 30.3 Å². The molecule has 4 rings (SSSR count). The minimum atomic E-state index is -0.374. The second-order valence-corrected chi connectivity index (χ2v) is 6.63. The molecule has 0 aliphatic heterocycles. The molecule has 4 aromatic rings. The highest BCUT2D eigenvalue weighted by Gasteiger charge is 2.23. The number of aromatic nitrogens is 4. The van der Waals surface area contributed by atoms with Crippen LogP contribution in [0.3, 0.4) is 0 Å². The van der Waals surface area contributed by atoms with Crippen molar-refractivity contribution in [2.75, 3.05) is 12.4 Å². The molecule has 0 aliphatic rings. The van der Waals surface area contributed by atoms with Crippen molar-refractivity contribution >= 4 is 24.0 Å². The van der Waals surface area contributed by atoms with E-state index in [4.69, 9.17) is 15.0 Å². The summed E-state index contributed by atoms with van der Waals surface area (Å²) in [4.78, 5) is 25.9. The molecule has 9 nitrogen and oxygen atoms in total. The number of carbonyl (C=O) groups is 1. The molecule has 0 saturated carbocycles. The zero-order valence-corrected chi connectivity index (χ0v) is 18.2. The van der Waals surface area contributed by atoms with Crippen LogP contribution in [0.5, 0.6) is 5.88 Å². The van der Waals surface area contributed by atoms with Crippen molar-refractivity contribution < 1.29 is 14.1 Å². The Kier molecular flexibility index (Phi) is 7.14. The maximum absolute atomic E-state index is 13.1. The molecule has 3 heterocycles. The monoisotopic (exact) mass is 452 g/mol. The highest BCUT2D eigenvalue weighted by atomic mass is 35.5. The van der Waals surface area contributed by atoms with Gasteiger partial charge in [0, 0.05) is 23.5 Å². The van der Waals surface area contributed by atoms with Gasteiger partial charge in [-0.05, 0) is 19.1 Å². The molecule has 3 N–H and O–H groups in total. The van der Waals surface area contributed by atoms with Crippen LogP contribution in [0.2, 0.25) is 0 Å². The number of hydrogen-bond donors (Lipinski definition) is 2. The number of rotatable bonds is 6. The van der Waals surface area contributed by atoms with E-state index in [9.17, 15) is 4.79 Å². The van der Waals surface area contributed by atoms with Crippen LogP contribution in [0.4, 0.5) is 5.69 Å². The summed E-state index contributed by atoms with van der Waals surface area (Å²) in [5.41, 5.74) is 8.86. The smallest absolute Gasteiger partial charge is 0.261 e. The molecule has 1 amide bonds. The maximum atomic E-state index is 13.1. The van der Waals surface area contributed by atoms with Crippen LogP contribution in [-0.2, 0) is 6.54 Å². The van der Waals surface area contributed by atoms with Crippen LogP contribution >= 0.6 is 12.4 Å². The van der Waals surface area contributed by atoms with Gasteiger partial charge in [0.25, 0.3) is 5.91 Å². The molecule has 0 saturated heterocycles. The third kappa shape index (κ3) is 4.58. The van der Waals surface area contributed by atoms with Gasteiger partial charge in [-0.1, -0.05) is 35.5 Å². The first-order valence-corrected chi connectivity index (χ1v) is 9.50. The van der Waals surface area contributed by atoms with Gasteiger partial charge in [-0.15, -0.1) is 12.4 Å². The number of nitrogens with zero attached hydrogens (tertiary/aromatic N) is 4. The van der Waals surface area contributed by atoms with Crippen LogP contribution in [-0.4, -0.2) is 33.1 Å². The molecule has 10 heteroatoms. The third-order valence-electron chi connectivity index (χ3n) is 4.62. The summed E-state index contributed by atoms with van der Waals surface area (Å²) in [6.45, 7) is 1.95. The van der Waals surface area contributed by atoms with Crippen LogP contribution in [0.25, 0.3) is 22.5 Å². The van der Waals surface area contributed by atoms with E-state index in [1.165, 1.54) is 7.11 Å². The fourth-order valence-electron chi connectivity index (χ4n) is 3.06. The number of halogens is 1. The summed E-state index contributed by atoms with van der Waals surface area (Å²) in [6.07, 6.45) is 3.28. The van der Waals surface area contributed by atoms with Crippen molar-refractivity contribution in [3.05, 3.63) is 72.0 Å². The Bertz CT molecular complexity index is 1210. The summed E-state index contributed by atoms with van der Waals surface area (Å²) < 4.78 is 10.7. The maximum Gasteiger partial charge on any atom is 0.261 e. The first kappa shape index (κ1) is 22.9. The molecule has 0 spiro atoms. The minimum absolute atomic E-state index is 0. The Morgan fingerprint density at radius 2 is 1.81 bits per heavy atom. The summed E-state index contributed by atoms with van der Waals surface area (Å²) in [6, 6.07) is 12.8. The molecule has 0 atom stereocenters. The molecule has 3 aromatic heterocycles. The van der Waals surface area contributed by atoms with Crippen molar-refractivity contribution in [1.82, 2.24) is 20.1 Å². The molecule has 0 radical (unpaired) electrons. The zero-order chi connectivity index (χ0) is 21.8. The molecule has 0 unspecified atom stereocenters. The first-order chi connectivity index (χ1) is 15.1. The molecule has 0 fully saturated rings. The van der Waals surface area contributed by atoms with Crippen molar-refractivity contribution in [3.63, 3.8) is 0 Å². The number of hydrogen-bond acceptors (Lipinski definition) is 8. The van der Waals surface area contributed by atoms with Gasteiger partial charge in [-0.25, -0.2) is 15.0 Å². The summed E-state index contributed by atoms with van der Waals surface area (Å²) in [7, 11) is 1.48. The van der Waals surface area contributed by atoms with Crippen LogP contribution in [0.15, 0.2) is 59.4 Å². The van der Waals surface area contributed by atoms with Crippen molar-refractivity contribution in [1.29, 1.82) is 0 Å². The van der Waals surface area contributed by atoms with Gasteiger partial charge in [0.05, 0.1) is 19.3 Å². The van der Waals surface area contributed by atoms with E-state index in [1.54, 1.807) is 31.5 Å². The van der Waals surface area contributed by atoms with E-state index in [0.717, 1.165) is 5.56 Å². The van der Waals surface area contributed by atoms with Gasteiger partial charge in [0.1, 0.15) is 28.5 Å². The number of nitrogens with two attached hydrogens (primary N) is 1. The largest absolute Gasteiger partial charge is 0.479 e. The lowest BCUT2D eigenvalue weighted by Crippen LogP contribution is -2.14. The van der Waals surface area contributed by atoms with Crippen molar-refractivity contribution in [2.45, 2.75) is 13.5 Å². The highest BCUT2D eigenvalue weighted by Crippen LogP contribution is 2.29. The van der Waals surface area contributed by atoms with Gasteiger partial charge in [-0.3, -0.25) is 4.79 Å². The highest BCUT2D eigenvalue weighted by molar-refractivity contribution is 6.09. The molecule has 1 aromatic carbocycles. The second-order valence-electron chi connectivity index (χ2n) is 6.63. The standard InChI is InChI=1S/C22H20N6O3.ClH/c1-13-19(20(28-31-13)14-6-4-3-5-7-14)21(29)26-17-9-8-16(27-22(17)30-2)15-11-24-18(10-23)25-12-15;/h3-9,11-12H,10,23H2,1-2H3,(H,26,29);1H. The number of aryl methyl sites for hydroxylation is 1. The lowest BCUT2D eigenvalue weighted by atomic mass is 10.1. The number of benzene rings is 1. The predicted octanol–water partition coefficient (Wildman–Crippen LogP) is 3.64. The van der Waals surface area contributed by atoms with Gasteiger partial charge in [0.2, 0.25) is 5.88 Å². The number of anilines is 1. The summed E-state index contributed by atoms with van der Waals surface area (Å²) in [5.74, 6) is 0.833. The third-order valence-corrected chi connectivity index (χ3v) is 4.62. The fraction of sp³-hybridized carbons (Fsp3) is 0.136. The molecular formula is C22H21ClN6O3. The van der Waals surface area contributed by atoms with E-state index in [0.29, 0.717) is 39.8 Å². The van der Waals surface area contributed by atoms with Gasteiger partial charge >= 0.3 is 0 Å². The minimum Gasteiger partial charge on any atom is -0.479 e. The van der Waals surface area contributed by atoms with Gasteiger partial charge in [-0.2, -0.15) is 0 Å². The molecule has 32 heavy (non-hydrogen) atoms. The zero-order valence-electron chi connectivity index (χ0n) is 17.4. The normalized spacial score (nSPS) is 10.3. The van der Waals surface area contributed by atoms with Crippen LogP contribution in [0.1, 0.15) is 21.9 Å². The molecule has 0 aliphatic carbocycles. The van der Waals surface area contributed by atoms with E-state index < -0.39 is 0 Å². The lowest BCUT2D eigenvalue weighted by Gasteiger charge is -2.11. The first-order valence-electron chi connectivity index (χ1n) is 9.50. The topological polar surface area (TPSA) is 129 Å². The fourth-order valence-corrected chi connectivity index (χ4v) is 3.06. The average molecular weight is 453 g/mol. The second kappa shape index (κ2) is 9.99. The van der Waals surface area contributed by atoms with Crippen LogP contribution in [0, 0.1) is 6.92 Å². The Labute approximate surface area is 190 Å². The van der Waals surface area contributed by atoms with Gasteiger partial charge < -0.3 is 20.3 Å². The van der Waals surface area contributed by atoms with Crippen molar-refractivity contribution in [2.24, 2.45) is 5.73 Å². The summed E-state index contributed by atoms with van der Waals surface area (Å²) >= 11 is 0. The SMILES string of the molecule is COc1nc(-c2cnc(CN)nc2)ccc1NC(=O)c1c(-c2ccccc2)noc1C.Cl. The molecule has 0 bridgehead atoms. The molecule has 164 valence electrons. The Morgan fingerprint density at radius 1 is 1.09 bits per heavy atom. The number of pyridine rings is 1. The average Bonchev–Trinajstić information content (AvgIpc) is 3.21. The Morgan fingerprint density at radius 3 is 2.47 bits per heavy atom. The van der Waals surface area contributed by atoms with E-state index in [2.05, 4.69) is 25.4 Å². The Balaban J connectivity index is 0.00000289. The number of amides is 1. The van der Waals surface area contributed by atoms with Gasteiger partial charge in [0.15, 0.2) is 0 Å². The number of carbonyl (C=O) groups excluding carboxylic acids is 1. The number of nitrogens with one attached hydrogen (secondary N) is 1. The quantitative estimate of drug-likeness (QED) is 0.453. The van der Waals surface area contributed by atoms with E-state index in [-0.39, 0.29) is 30.7 Å². The molecular weight excluding hydrogens is 432 g/mol. The number of methoxy groups -OCH3 is 1. The van der Waals surface area contributed by atoms with Crippen LogP contribution < -0.4 is 15.8 Å². The predicted molar refractivity (Wildman–Crippen MR) is 122 cm³/mol.